The van der Waals surface area contributed by atoms with Gasteiger partial charge in [0, 0.05) is 12.8 Å². The first-order chi connectivity index (χ1) is 49.0. The molecule has 0 fully saturated rings. The number of esters is 2. The minimum atomic E-state index is -4.65. The number of unbranched alkanes of at least 4 members (excludes halogenated alkanes) is 35. The molecule has 0 aromatic heterocycles. The van der Waals surface area contributed by atoms with Crippen molar-refractivity contribution in [2.45, 2.75) is 354 Å². The minimum Gasteiger partial charge on any atom is -0.756 e. The van der Waals surface area contributed by atoms with Crippen molar-refractivity contribution in [1.82, 2.24) is 0 Å². The Morgan fingerprint density at radius 3 is 0.800 bits per heavy atom. The van der Waals surface area contributed by atoms with Crippen molar-refractivity contribution in [2.24, 2.45) is 0 Å². The van der Waals surface area contributed by atoms with Crippen LogP contribution in [0, 0.1) is 0 Å². The molecule has 0 spiro atoms. The molecular weight excluding hydrogens is 1250 g/mol. The van der Waals surface area contributed by atoms with E-state index < -0.39 is 26.5 Å². The molecule has 9 nitrogen and oxygen atoms in total. The van der Waals surface area contributed by atoms with E-state index in [0.29, 0.717) is 17.4 Å². The largest absolute Gasteiger partial charge is 0.756 e. The van der Waals surface area contributed by atoms with Gasteiger partial charge in [-0.05, 0) is 122 Å². The first-order valence-corrected chi connectivity index (χ1v) is 42.7. The zero-order valence-electron chi connectivity index (χ0n) is 65.3. The third-order valence-electron chi connectivity index (χ3n) is 17.5. The number of rotatable bonds is 75. The van der Waals surface area contributed by atoms with Gasteiger partial charge in [0.1, 0.15) is 19.8 Å². The van der Waals surface area contributed by atoms with Crippen LogP contribution in [-0.4, -0.2) is 70.0 Å². The lowest BCUT2D eigenvalue weighted by Gasteiger charge is -2.28. The standard InChI is InChI=1S/C90H154NO8P/c1-6-8-10-12-14-16-18-20-22-24-26-28-30-32-34-36-38-40-42-43-44-45-46-47-49-51-53-55-57-59-61-63-65-67-69-71-73-75-77-79-81-83-90(93)99-88(87-98-100(94,95)97-85-84-91(3,4)5)86-96-89(92)82-80-78-76-74-72-70-68-66-64-62-60-58-56-54-52-50-48-41-39-37-35-33-31-29-27-25-23-21-19-17-15-13-11-9-7-2/h8-11,14-17,20-23,26-29,32-35,38,40,43-44,46-47,88H,6-7,12-13,18-19,24-25,30-31,36-37,39,41-42,45,48-87H2,1-5H3/b10-8-,11-9-,16-14-,17-15-,22-20-,23-21-,28-26-,29-27-,34-32-,35-33-,40-38-,44-43-,47-46-. The van der Waals surface area contributed by atoms with Gasteiger partial charge in [0.25, 0.3) is 7.82 Å². The Morgan fingerprint density at radius 2 is 0.540 bits per heavy atom. The van der Waals surface area contributed by atoms with Crippen LogP contribution in [0.2, 0.25) is 0 Å². The molecule has 572 valence electrons. The van der Waals surface area contributed by atoms with Crippen LogP contribution >= 0.6 is 7.82 Å². The van der Waals surface area contributed by atoms with Crippen LogP contribution in [0.15, 0.2) is 158 Å². The lowest BCUT2D eigenvalue weighted by molar-refractivity contribution is -0.870. The van der Waals surface area contributed by atoms with E-state index in [4.69, 9.17) is 18.5 Å². The molecule has 0 heterocycles. The molecule has 2 atom stereocenters. The fraction of sp³-hybridized carbons (Fsp3) is 0.689. The van der Waals surface area contributed by atoms with Gasteiger partial charge in [0.2, 0.25) is 0 Å². The molecular formula is C90H154NO8P. The number of quaternary nitrogens is 1. The zero-order valence-corrected chi connectivity index (χ0v) is 66.2. The van der Waals surface area contributed by atoms with Gasteiger partial charge in [0.15, 0.2) is 6.10 Å². The normalized spacial score (nSPS) is 13.9. The maximum Gasteiger partial charge on any atom is 0.306 e. The fourth-order valence-electron chi connectivity index (χ4n) is 11.4. The first-order valence-electron chi connectivity index (χ1n) is 41.2. The summed E-state index contributed by atoms with van der Waals surface area (Å²) in [5, 5.41) is 0. The molecule has 0 N–H and O–H groups in total. The van der Waals surface area contributed by atoms with Crippen LogP contribution in [0.5, 0.6) is 0 Å². The van der Waals surface area contributed by atoms with Crippen molar-refractivity contribution in [3.63, 3.8) is 0 Å². The number of hydrogen-bond donors (Lipinski definition) is 0. The third kappa shape index (κ3) is 82.6. The summed E-state index contributed by atoms with van der Waals surface area (Å²) in [5.41, 5.74) is 0. The number of nitrogens with zero attached hydrogens (tertiary/aromatic N) is 1. The monoisotopic (exact) mass is 1410 g/mol. The van der Waals surface area contributed by atoms with E-state index in [1.807, 2.05) is 21.1 Å². The molecule has 0 aromatic rings. The predicted molar refractivity (Wildman–Crippen MR) is 434 cm³/mol. The van der Waals surface area contributed by atoms with Crippen LogP contribution in [0.4, 0.5) is 0 Å². The van der Waals surface area contributed by atoms with Gasteiger partial charge >= 0.3 is 11.9 Å². The topological polar surface area (TPSA) is 111 Å². The molecule has 100 heavy (non-hydrogen) atoms. The average molecular weight is 1410 g/mol. The van der Waals surface area contributed by atoms with Crippen molar-refractivity contribution in [3.8, 4) is 0 Å². The second-order valence-corrected chi connectivity index (χ2v) is 29.8. The molecule has 0 aliphatic heterocycles. The van der Waals surface area contributed by atoms with E-state index in [1.54, 1.807) is 0 Å². The number of likely N-dealkylation sites (N-methyl/N-ethyl adjacent to an activating group) is 1. The number of hydrogen-bond acceptors (Lipinski definition) is 8. The van der Waals surface area contributed by atoms with Crippen molar-refractivity contribution < 1.29 is 42.1 Å². The summed E-state index contributed by atoms with van der Waals surface area (Å²) in [5.74, 6) is -0.825. The van der Waals surface area contributed by atoms with Gasteiger partial charge in [-0.15, -0.1) is 0 Å². The SMILES string of the molecule is CC/C=C\C/C=C\C/C=C\C/C=C\C/C=C\C/C=C\C/C=C\C/C=C\CCCCCCCCCCCCCCCCCCC(=O)OC(COC(=O)CCCCCCCCCCCCCCCCCCCCC/C=C\C/C=C\C/C=C\C/C=C\C/C=C\CC)COP(=O)([O-])OCC[N+](C)(C)C. The average Bonchev–Trinajstić information content (AvgIpc) is 1.30. The Kier molecular flexibility index (Phi) is 75.3. The van der Waals surface area contributed by atoms with Crippen LogP contribution < -0.4 is 4.89 Å². The zero-order chi connectivity index (χ0) is 72.5. The maximum atomic E-state index is 12.9. The summed E-state index contributed by atoms with van der Waals surface area (Å²) in [6.45, 7) is 4.04. The smallest absolute Gasteiger partial charge is 0.306 e. The quantitative estimate of drug-likeness (QED) is 0.0195. The van der Waals surface area contributed by atoms with Gasteiger partial charge in [0.05, 0.1) is 27.7 Å². The number of phosphoric ester groups is 1. The van der Waals surface area contributed by atoms with Crippen LogP contribution in [0.1, 0.15) is 348 Å². The molecule has 2 unspecified atom stereocenters. The first kappa shape index (κ1) is 95.6. The summed E-state index contributed by atoms with van der Waals surface area (Å²) >= 11 is 0. The Bertz CT molecular complexity index is 2250. The van der Waals surface area contributed by atoms with E-state index in [9.17, 15) is 19.0 Å². The van der Waals surface area contributed by atoms with Crippen LogP contribution in [-0.2, 0) is 32.7 Å². The van der Waals surface area contributed by atoms with Gasteiger partial charge < -0.3 is 27.9 Å². The second-order valence-electron chi connectivity index (χ2n) is 28.4. The number of carbonyl (C=O) groups excluding carboxylic acids is 2. The lowest BCUT2D eigenvalue weighted by Crippen LogP contribution is -2.37. The van der Waals surface area contributed by atoms with Gasteiger partial charge in [-0.25, -0.2) is 0 Å². The number of carbonyl (C=O) groups is 2. The summed E-state index contributed by atoms with van der Waals surface area (Å²) < 4.78 is 34.4. The maximum absolute atomic E-state index is 12.9. The van der Waals surface area contributed by atoms with Gasteiger partial charge in [-0.2, -0.15) is 0 Å². The Morgan fingerprint density at radius 1 is 0.310 bits per heavy atom. The highest BCUT2D eigenvalue weighted by molar-refractivity contribution is 7.45. The van der Waals surface area contributed by atoms with E-state index in [2.05, 4.69) is 172 Å². The second kappa shape index (κ2) is 78.8. The van der Waals surface area contributed by atoms with Crippen molar-refractivity contribution in [2.75, 3.05) is 47.5 Å². The van der Waals surface area contributed by atoms with Crippen LogP contribution in [0.25, 0.3) is 0 Å². The fourth-order valence-corrected chi connectivity index (χ4v) is 12.1. The molecule has 0 amide bonds. The van der Waals surface area contributed by atoms with E-state index in [1.165, 1.54) is 193 Å². The van der Waals surface area contributed by atoms with E-state index >= 15 is 0 Å². The molecule has 0 aromatic carbocycles. The predicted octanol–water partition coefficient (Wildman–Crippen LogP) is 27.2. The van der Waals surface area contributed by atoms with Gasteiger partial charge in [-0.3, -0.25) is 14.2 Å². The summed E-state index contributed by atoms with van der Waals surface area (Å²) in [7, 11) is 1.17. The van der Waals surface area contributed by atoms with E-state index in [-0.39, 0.29) is 32.0 Å². The molecule has 0 bridgehead atoms. The van der Waals surface area contributed by atoms with Crippen molar-refractivity contribution in [3.05, 3.63) is 158 Å². The number of allylic oxidation sites excluding steroid dienone is 26. The summed E-state index contributed by atoms with van der Waals surface area (Å²) in [4.78, 5) is 38.2. The minimum absolute atomic E-state index is 0.0344. The molecule has 10 heteroatoms. The third-order valence-corrected chi connectivity index (χ3v) is 18.5. The molecule has 0 radical (unpaired) electrons. The Hall–Kier alpha value is -4.37. The van der Waals surface area contributed by atoms with Gasteiger partial charge in [-0.1, -0.05) is 371 Å². The van der Waals surface area contributed by atoms with Crippen molar-refractivity contribution in [1.29, 1.82) is 0 Å². The van der Waals surface area contributed by atoms with Crippen molar-refractivity contribution >= 4 is 19.8 Å². The molecule has 0 aliphatic rings. The number of ether oxygens (including phenoxy) is 2. The Labute approximate surface area is 617 Å². The Balaban J connectivity index is 3.97. The highest BCUT2D eigenvalue weighted by atomic mass is 31.2. The summed E-state index contributed by atoms with van der Waals surface area (Å²) in [6.07, 6.45) is 118. The molecule has 0 saturated heterocycles. The van der Waals surface area contributed by atoms with Crippen LogP contribution in [0.3, 0.4) is 0 Å². The molecule has 0 aliphatic carbocycles. The molecule has 0 rings (SSSR count). The van der Waals surface area contributed by atoms with E-state index in [0.717, 1.165) is 122 Å². The lowest BCUT2D eigenvalue weighted by atomic mass is 10.0. The summed E-state index contributed by atoms with van der Waals surface area (Å²) in [6, 6.07) is 0. The highest BCUT2D eigenvalue weighted by Crippen LogP contribution is 2.38. The highest BCUT2D eigenvalue weighted by Gasteiger charge is 2.22. The molecule has 0 saturated carbocycles. The number of phosphoric acid groups is 1.